The number of amides is 2. The predicted molar refractivity (Wildman–Crippen MR) is 92.1 cm³/mol. The van der Waals surface area contributed by atoms with Crippen LogP contribution in [0.1, 0.15) is 28.8 Å². The third kappa shape index (κ3) is 3.26. The zero-order chi connectivity index (χ0) is 18.9. The third-order valence-corrected chi connectivity index (χ3v) is 4.61. The van der Waals surface area contributed by atoms with Crippen molar-refractivity contribution >= 4 is 11.8 Å². The topological polar surface area (TPSA) is 102 Å². The van der Waals surface area contributed by atoms with Gasteiger partial charge in [-0.05, 0) is 65.2 Å². The van der Waals surface area contributed by atoms with E-state index >= 15 is 0 Å². The number of hydrogen-bond donors (Lipinski definition) is 2. The highest BCUT2D eigenvalue weighted by Gasteiger charge is 2.51. The Bertz CT molecular complexity index is 966. The smallest absolute Gasteiger partial charge is 0.269 e. The Balaban J connectivity index is 1.39. The summed E-state index contributed by atoms with van der Waals surface area (Å²) in [5.41, 5.74) is 6.00. The van der Waals surface area contributed by atoms with Gasteiger partial charge in [-0.1, -0.05) is 12.1 Å². The predicted octanol–water partition coefficient (Wildman–Crippen LogP) is 1.29. The number of carbonyl (C=O) groups excluding carboxylic acids is 2. The van der Waals surface area contributed by atoms with Crippen molar-refractivity contribution in [3.8, 4) is 5.69 Å². The summed E-state index contributed by atoms with van der Waals surface area (Å²) in [4.78, 5) is 24.8. The number of nitrogens with zero attached hydrogens (tertiary/aromatic N) is 4. The van der Waals surface area contributed by atoms with E-state index < -0.39 is 11.3 Å². The van der Waals surface area contributed by atoms with Crippen molar-refractivity contribution in [1.29, 1.82) is 0 Å². The number of hydrazine groups is 1. The Kier molecular flexibility index (Phi) is 4.11. The van der Waals surface area contributed by atoms with Crippen LogP contribution < -0.4 is 10.9 Å². The van der Waals surface area contributed by atoms with E-state index in [2.05, 4.69) is 26.4 Å². The molecule has 2 amide bonds. The Morgan fingerprint density at radius 3 is 2.30 bits per heavy atom. The summed E-state index contributed by atoms with van der Waals surface area (Å²) < 4.78 is 14.5. The van der Waals surface area contributed by atoms with Gasteiger partial charge in [0.1, 0.15) is 12.1 Å². The van der Waals surface area contributed by atoms with Gasteiger partial charge in [0.25, 0.3) is 5.91 Å². The monoisotopic (exact) mass is 366 g/mol. The van der Waals surface area contributed by atoms with Crippen molar-refractivity contribution < 1.29 is 14.0 Å². The number of halogens is 1. The van der Waals surface area contributed by atoms with Crippen molar-refractivity contribution in [2.24, 2.45) is 0 Å². The molecule has 0 bridgehead atoms. The Morgan fingerprint density at radius 1 is 1.00 bits per heavy atom. The first-order chi connectivity index (χ1) is 13.1. The fourth-order valence-electron chi connectivity index (χ4n) is 2.89. The normalized spacial score (nSPS) is 14.4. The van der Waals surface area contributed by atoms with Crippen molar-refractivity contribution in [3.63, 3.8) is 0 Å². The van der Waals surface area contributed by atoms with Crippen LogP contribution in [0.4, 0.5) is 4.39 Å². The molecule has 0 atom stereocenters. The van der Waals surface area contributed by atoms with Crippen LogP contribution >= 0.6 is 0 Å². The van der Waals surface area contributed by atoms with E-state index in [0.29, 0.717) is 24.1 Å². The van der Waals surface area contributed by atoms with E-state index in [9.17, 15) is 14.0 Å². The number of nitrogens with one attached hydrogen (secondary N) is 2. The summed E-state index contributed by atoms with van der Waals surface area (Å²) in [6.07, 6.45) is 2.75. The van der Waals surface area contributed by atoms with Gasteiger partial charge in [0.15, 0.2) is 0 Å². The summed E-state index contributed by atoms with van der Waals surface area (Å²) in [5, 5.41) is 10.9. The quantitative estimate of drug-likeness (QED) is 0.678. The number of tetrazole rings is 1. The zero-order valence-corrected chi connectivity index (χ0v) is 14.1. The second-order valence-corrected chi connectivity index (χ2v) is 6.30. The third-order valence-electron chi connectivity index (χ3n) is 4.61. The van der Waals surface area contributed by atoms with Gasteiger partial charge in [0.2, 0.25) is 5.91 Å². The maximum atomic E-state index is 13.1. The van der Waals surface area contributed by atoms with Gasteiger partial charge in [-0.3, -0.25) is 20.4 Å². The summed E-state index contributed by atoms with van der Waals surface area (Å²) in [5.74, 6) is -1.11. The highest BCUT2D eigenvalue weighted by atomic mass is 19.1. The first kappa shape index (κ1) is 16.8. The lowest BCUT2D eigenvalue weighted by Crippen LogP contribution is -2.46. The van der Waals surface area contributed by atoms with Gasteiger partial charge in [-0.2, -0.15) is 0 Å². The summed E-state index contributed by atoms with van der Waals surface area (Å²) >= 11 is 0. The molecule has 1 aliphatic rings. The molecular weight excluding hydrogens is 351 g/mol. The van der Waals surface area contributed by atoms with Crippen molar-refractivity contribution in [2.45, 2.75) is 18.3 Å². The van der Waals surface area contributed by atoms with Crippen molar-refractivity contribution in [3.05, 3.63) is 71.8 Å². The first-order valence-electron chi connectivity index (χ1n) is 8.29. The average Bonchev–Trinajstić information content (AvgIpc) is 3.32. The van der Waals surface area contributed by atoms with Crippen LogP contribution in [0.5, 0.6) is 0 Å². The lowest BCUT2D eigenvalue weighted by molar-refractivity contribution is -0.124. The van der Waals surface area contributed by atoms with Gasteiger partial charge < -0.3 is 0 Å². The molecule has 1 saturated carbocycles. The largest absolute Gasteiger partial charge is 0.272 e. The molecule has 136 valence electrons. The fraction of sp³-hybridized carbons (Fsp3) is 0.167. The van der Waals surface area contributed by atoms with E-state index in [0.717, 1.165) is 5.56 Å². The van der Waals surface area contributed by atoms with Crippen LogP contribution in [-0.2, 0) is 10.2 Å². The SMILES string of the molecule is O=C(NNC(=O)C1(c2ccc(F)cc2)CC1)c1ccc(-n2cnnn2)cc1. The number of benzene rings is 2. The standard InChI is InChI=1S/C18H15FN6O2/c19-14-5-3-13(4-6-14)18(9-10-18)17(27)22-21-16(26)12-1-7-15(8-2-12)25-11-20-23-24-25/h1-8,11H,9-10H2,(H,21,26)(H,22,27). The molecule has 0 unspecified atom stereocenters. The van der Waals surface area contributed by atoms with E-state index in [1.807, 2.05) is 0 Å². The molecule has 2 N–H and O–H groups in total. The lowest BCUT2D eigenvalue weighted by Gasteiger charge is -2.16. The van der Waals surface area contributed by atoms with E-state index in [1.165, 1.54) is 23.1 Å². The first-order valence-corrected chi connectivity index (χ1v) is 8.29. The minimum atomic E-state index is -0.703. The highest BCUT2D eigenvalue weighted by molar-refractivity contribution is 5.97. The molecule has 3 aromatic rings. The zero-order valence-electron chi connectivity index (χ0n) is 14.1. The van der Waals surface area contributed by atoms with Crippen molar-refractivity contribution in [1.82, 2.24) is 31.1 Å². The number of hydrogen-bond acceptors (Lipinski definition) is 5. The molecule has 2 aromatic carbocycles. The van der Waals surface area contributed by atoms with Gasteiger partial charge >= 0.3 is 0 Å². The number of aromatic nitrogens is 4. The van der Waals surface area contributed by atoms with Crippen molar-refractivity contribution in [2.75, 3.05) is 0 Å². The van der Waals surface area contributed by atoms with Gasteiger partial charge in [-0.25, -0.2) is 9.07 Å². The van der Waals surface area contributed by atoms with Crippen LogP contribution in [-0.4, -0.2) is 32.0 Å². The number of carbonyl (C=O) groups is 2. The molecule has 4 rings (SSSR count). The molecule has 0 aliphatic heterocycles. The molecule has 27 heavy (non-hydrogen) atoms. The number of rotatable bonds is 4. The van der Waals surface area contributed by atoms with E-state index in [1.54, 1.807) is 36.4 Å². The molecule has 1 aliphatic carbocycles. The van der Waals surface area contributed by atoms with Crippen LogP contribution in [0.15, 0.2) is 54.9 Å². The van der Waals surface area contributed by atoms with E-state index in [-0.39, 0.29) is 11.7 Å². The molecule has 1 aromatic heterocycles. The molecule has 1 heterocycles. The summed E-state index contributed by atoms with van der Waals surface area (Å²) in [6, 6.07) is 12.4. The summed E-state index contributed by atoms with van der Waals surface area (Å²) in [7, 11) is 0. The molecule has 9 heteroatoms. The molecule has 0 saturated heterocycles. The molecule has 0 radical (unpaired) electrons. The molecular formula is C18H15FN6O2. The maximum absolute atomic E-state index is 13.1. The maximum Gasteiger partial charge on any atom is 0.269 e. The van der Waals surface area contributed by atoms with Gasteiger partial charge in [0.05, 0.1) is 11.1 Å². The lowest BCUT2D eigenvalue weighted by atomic mass is 9.95. The molecule has 0 spiro atoms. The van der Waals surface area contributed by atoms with Crippen LogP contribution in [0.2, 0.25) is 0 Å². The average molecular weight is 366 g/mol. The second-order valence-electron chi connectivity index (χ2n) is 6.30. The van der Waals surface area contributed by atoms with Gasteiger partial charge in [0, 0.05) is 5.56 Å². The fourth-order valence-corrected chi connectivity index (χ4v) is 2.89. The molecule has 1 fully saturated rings. The minimum Gasteiger partial charge on any atom is -0.272 e. The molecule has 8 nitrogen and oxygen atoms in total. The summed E-state index contributed by atoms with van der Waals surface area (Å²) in [6.45, 7) is 0. The Hall–Kier alpha value is -3.62. The Morgan fingerprint density at radius 2 is 1.70 bits per heavy atom. The van der Waals surface area contributed by atoms with E-state index in [4.69, 9.17) is 0 Å². The van der Waals surface area contributed by atoms with Crippen LogP contribution in [0.25, 0.3) is 5.69 Å². The minimum absolute atomic E-state index is 0.312. The Labute approximate surface area is 153 Å². The van der Waals surface area contributed by atoms with Gasteiger partial charge in [-0.15, -0.1) is 5.10 Å². The highest BCUT2D eigenvalue weighted by Crippen LogP contribution is 2.48. The van der Waals surface area contributed by atoms with Crippen LogP contribution in [0, 0.1) is 5.82 Å². The second kappa shape index (κ2) is 6.60. The van der Waals surface area contributed by atoms with Crippen LogP contribution in [0.3, 0.4) is 0 Å².